The number of hydrogen-bond donors (Lipinski definition) is 2. The van der Waals surface area contributed by atoms with E-state index < -0.39 is 0 Å². The molecule has 0 bridgehead atoms. The topological polar surface area (TPSA) is 53.2 Å². The number of anilines is 1. The van der Waals surface area contributed by atoms with Gasteiger partial charge >= 0.3 is 0 Å². The molecular weight excluding hydrogens is 252 g/mol. The minimum atomic E-state index is 0.702. The van der Waals surface area contributed by atoms with Gasteiger partial charge in [-0.15, -0.1) is 0 Å². The molecule has 5 nitrogen and oxygen atoms in total. The number of aromatic nitrogens is 2. The summed E-state index contributed by atoms with van der Waals surface area (Å²) in [4.78, 5) is 9.46. The molecule has 0 aliphatic rings. The Bertz CT molecular complexity index is 519. The van der Waals surface area contributed by atoms with Crippen molar-refractivity contribution in [2.24, 2.45) is 0 Å². The fourth-order valence-corrected chi connectivity index (χ4v) is 1.77. The predicted octanol–water partition coefficient (Wildman–Crippen LogP) is 2.27. The maximum absolute atomic E-state index is 5.65. The molecule has 1 aromatic carbocycles. The van der Waals surface area contributed by atoms with Crippen LogP contribution in [0.1, 0.15) is 11.5 Å². The van der Waals surface area contributed by atoms with Crippen molar-refractivity contribution in [1.82, 2.24) is 14.9 Å². The lowest BCUT2D eigenvalue weighted by Crippen LogP contribution is -2.19. The van der Waals surface area contributed by atoms with Gasteiger partial charge in [-0.3, -0.25) is 0 Å². The summed E-state index contributed by atoms with van der Waals surface area (Å²) in [6, 6.07) is 8.01. The molecule has 20 heavy (non-hydrogen) atoms. The first kappa shape index (κ1) is 14.4. The molecule has 108 valence electrons. The van der Waals surface area contributed by atoms with Crippen molar-refractivity contribution in [2.45, 2.75) is 13.5 Å². The SMILES string of the molecule is Cc1ncc(CNc2ccc(OCCN(C)C)cc2)[nH]1. The number of imidazole rings is 1. The molecule has 2 rings (SSSR count). The highest BCUT2D eigenvalue weighted by Gasteiger charge is 1.99. The van der Waals surface area contributed by atoms with Crippen molar-refractivity contribution in [1.29, 1.82) is 0 Å². The number of ether oxygens (including phenoxy) is 1. The molecule has 0 fully saturated rings. The minimum absolute atomic E-state index is 0.702. The standard InChI is InChI=1S/C15H22N4O/c1-12-16-10-14(18-12)11-17-13-4-6-15(7-5-13)20-9-8-19(2)3/h4-7,10,17H,8-9,11H2,1-3H3,(H,16,18). The molecule has 0 aliphatic heterocycles. The largest absolute Gasteiger partial charge is 0.492 e. The maximum atomic E-state index is 5.65. The molecule has 1 heterocycles. The van der Waals surface area contributed by atoms with Crippen LogP contribution < -0.4 is 10.1 Å². The summed E-state index contributed by atoms with van der Waals surface area (Å²) in [5.74, 6) is 1.83. The number of benzene rings is 1. The average molecular weight is 274 g/mol. The van der Waals surface area contributed by atoms with E-state index in [1.54, 1.807) is 0 Å². The Balaban J connectivity index is 1.79. The third kappa shape index (κ3) is 4.59. The predicted molar refractivity (Wildman–Crippen MR) is 81.1 cm³/mol. The number of aryl methyl sites for hydroxylation is 1. The molecular formula is C15H22N4O. The summed E-state index contributed by atoms with van der Waals surface area (Å²) in [6.07, 6.45) is 1.85. The summed E-state index contributed by atoms with van der Waals surface area (Å²) in [5, 5.41) is 3.34. The van der Waals surface area contributed by atoms with Crippen molar-refractivity contribution in [3.63, 3.8) is 0 Å². The van der Waals surface area contributed by atoms with Gasteiger partial charge in [0.1, 0.15) is 18.2 Å². The fourth-order valence-electron chi connectivity index (χ4n) is 1.77. The number of H-pyrrole nitrogens is 1. The van der Waals surface area contributed by atoms with Crippen LogP contribution in [0.25, 0.3) is 0 Å². The highest BCUT2D eigenvalue weighted by molar-refractivity contribution is 5.46. The van der Waals surface area contributed by atoms with Gasteiger partial charge in [-0.2, -0.15) is 0 Å². The smallest absolute Gasteiger partial charge is 0.119 e. The monoisotopic (exact) mass is 274 g/mol. The molecule has 2 N–H and O–H groups in total. The van der Waals surface area contributed by atoms with Crippen LogP contribution in [0, 0.1) is 6.92 Å². The Kier molecular flexibility index (Phi) is 5.01. The van der Waals surface area contributed by atoms with Gasteiger partial charge in [0.15, 0.2) is 0 Å². The highest BCUT2D eigenvalue weighted by atomic mass is 16.5. The van der Waals surface area contributed by atoms with Crippen LogP contribution in [0.15, 0.2) is 30.5 Å². The van der Waals surface area contributed by atoms with Crippen molar-refractivity contribution in [3.05, 3.63) is 42.0 Å². The number of hydrogen-bond acceptors (Lipinski definition) is 4. The highest BCUT2D eigenvalue weighted by Crippen LogP contribution is 2.16. The third-order valence-corrected chi connectivity index (χ3v) is 2.90. The molecule has 0 saturated heterocycles. The molecule has 2 aromatic rings. The first-order chi connectivity index (χ1) is 9.63. The second-order valence-electron chi connectivity index (χ2n) is 5.02. The first-order valence-electron chi connectivity index (χ1n) is 6.75. The quantitative estimate of drug-likeness (QED) is 0.813. The lowest BCUT2D eigenvalue weighted by molar-refractivity contribution is 0.261. The molecule has 1 aromatic heterocycles. The number of nitrogens with zero attached hydrogens (tertiary/aromatic N) is 2. The van der Waals surface area contributed by atoms with E-state index in [2.05, 4.69) is 20.2 Å². The molecule has 0 amide bonds. The molecule has 0 saturated carbocycles. The zero-order valence-electron chi connectivity index (χ0n) is 12.3. The lowest BCUT2D eigenvalue weighted by atomic mass is 10.3. The minimum Gasteiger partial charge on any atom is -0.492 e. The summed E-state index contributed by atoms with van der Waals surface area (Å²) >= 11 is 0. The average Bonchev–Trinajstić information content (AvgIpc) is 2.83. The van der Waals surface area contributed by atoms with E-state index in [0.717, 1.165) is 36.0 Å². The normalized spacial score (nSPS) is 10.8. The molecule has 0 unspecified atom stereocenters. The van der Waals surface area contributed by atoms with E-state index in [0.29, 0.717) is 6.61 Å². The van der Waals surface area contributed by atoms with Gasteiger partial charge in [0.05, 0.1) is 18.4 Å². The number of likely N-dealkylation sites (N-methyl/N-ethyl adjacent to an activating group) is 1. The Hall–Kier alpha value is -2.01. The summed E-state index contributed by atoms with van der Waals surface area (Å²) in [5.41, 5.74) is 2.14. The molecule has 0 aliphatic carbocycles. The van der Waals surface area contributed by atoms with Crippen LogP contribution in [0.3, 0.4) is 0 Å². The van der Waals surface area contributed by atoms with E-state index >= 15 is 0 Å². The Morgan fingerprint density at radius 3 is 2.60 bits per heavy atom. The lowest BCUT2D eigenvalue weighted by Gasteiger charge is -2.11. The number of rotatable bonds is 7. The molecule has 0 atom stereocenters. The van der Waals surface area contributed by atoms with Crippen molar-refractivity contribution >= 4 is 5.69 Å². The van der Waals surface area contributed by atoms with Gasteiger partial charge in [0.25, 0.3) is 0 Å². The van der Waals surface area contributed by atoms with Gasteiger partial charge in [-0.25, -0.2) is 4.98 Å². The Morgan fingerprint density at radius 1 is 1.25 bits per heavy atom. The Morgan fingerprint density at radius 2 is 2.00 bits per heavy atom. The van der Waals surface area contributed by atoms with Gasteiger partial charge in [0.2, 0.25) is 0 Å². The zero-order valence-corrected chi connectivity index (χ0v) is 12.3. The second kappa shape index (κ2) is 6.96. The van der Waals surface area contributed by atoms with E-state index in [4.69, 9.17) is 4.74 Å². The van der Waals surface area contributed by atoms with Gasteiger partial charge < -0.3 is 19.9 Å². The van der Waals surface area contributed by atoms with Gasteiger partial charge in [0, 0.05) is 12.2 Å². The van der Waals surface area contributed by atoms with E-state index in [9.17, 15) is 0 Å². The third-order valence-electron chi connectivity index (χ3n) is 2.90. The number of aromatic amines is 1. The van der Waals surface area contributed by atoms with Crippen LogP contribution >= 0.6 is 0 Å². The van der Waals surface area contributed by atoms with Crippen molar-refractivity contribution < 1.29 is 4.74 Å². The van der Waals surface area contributed by atoms with Crippen LogP contribution in [0.5, 0.6) is 5.75 Å². The van der Waals surface area contributed by atoms with E-state index in [1.165, 1.54) is 0 Å². The Labute approximate surface area is 120 Å². The second-order valence-corrected chi connectivity index (χ2v) is 5.02. The van der Waals surface area contributed by atoms with Gasteiger partial charge in [-0.1, -0.05) is 0 Å². The van der Waals surface area contributed by atoms with Crippen LogP contribution in [0.4, 0.5) is 5.69 Å². The zero-order chi connectivity index (χ0) is 14.4. The summed E-state index contributed by atoms with van der Waals surface area (Å²) in [7, 11) is 4.07. The first-order valence-corrected chi connectivity index (χ1v) is 6.75. The van der Waals surface area contributed by atoms with Crippen molar-refractivity contribution in [2.75, 3.05) is 32.6 Å². The van der Waals surface area contributed by atoms with Crippen LogP contribution in [-0.4, -0.2) is 42.1 Å². The molecule has 5 heteroatoms. The van der Waals surface area contributed by atoms with Gasteiger partial charge in [-0.05, 0) is 45.3 Å². The van der Waals surface area contributed by atoms with Crippen molar-refractivity contribution in [3.8, 4) is 5.75 Å². The van der Waals surface area contributed by atoms with E-state index in [-0.39, 0.29) is 0 Å². The molecule has 0 spiro atoms. The van der Waals surface area contributed by atoms with Crippen LogP contribution in [-0.2, 0) is 6.54 Å². The molecule has 0 radical (unpaired) electrons. The van der Waals surface area contributed by atoms with Crippen LogP contribution in [0.2, 0.25) is 0 Å². The van der Waals surface area contributed by atoms with E-state index in [1.807, 2.05) is 51.5 Å². The maximum Gasteiger partial charge on any atom is 0.119 e. The number of nitrogens with one attached hydrogen (secondary N) is 2. The summed E-state index contributed by atoms with van der Waals surface area (Å²) < 4.78 is 5.65. The fraction of sp³-hybridized carbons (Fsp3) is 0.400. The summed E-state index contributed by atoms with van der Waals surface area (Å²) in [6.45, 7) is 4.30.